The van der Waals surface area contributed by atoms with Crippen LogP contribution in [0.15, 0.2) is 48.5 Å². The molecular formula is C38H56SiZr. The fourth-order valence-corrected chi connectivity index (χ4v) is 5.34. The predicted molar refractivity (Wildman–Crippen MR) is 181 cm³/mol. The van der Waals surface area contributed by atoms with E-state index in [2.05, 4.69) is 131 Å². The van der Waals surface area contributed by atoms with E-state index in [1.165, 1.54) is 69.5 Å². The van der Waals surface area contributed by atoms with Crippen LogP contribution in [0.25, 0.3) is 21.5 Å². The molecule has 2 heteroatoms. The topological polar surface area (TPSA) is 0 Å². The van der Waals surface area contributed by atoms with Crippen molar-refractivity contribution in [2.45, 2.75) is 132 Å². The van der Waals surface area contributed by atoms with Crippen LogP contribution in [0.3, 0.4) is 0 Å². The Bertz CT molecular complexity index is 1260. The number of aryl methyl sites for hydroxylation is 2. The summed E-state index contributed by atoms with van der Waals surface area (Å²) in [5.41, 5.74) is 9.07. The van der Waals surface area contributed by atoms with Crippen LogP contribution in [0.5, 0.6) is 0 Å². The molecule has 0 radical (unpaired) electrons. The van der Waals surface area contributed by atoms with Crippen molar-refractivity contribution < 1.29 is 23.3 Å². The first-order valence-electron chi connectivity index (χ1n) is 15.8. The van der Waals surface area contributed by atoms with Gasteiger partial charge in [0.2, 0.25) is 0 Å². The minimum atomic E-state index is 0.210. The molecule has 4 aromatic carbocycles. The van der Waals surface area contributed by atoms with Crippen LogP contribution in [0, 0.1) is 13.8 Å². The summed E-state index contributed by atoms with van der Waals surface area (Å²) in [6.07, 6.45) is 4.85. The van der Waals surface area contributed by atoms with Crippen molar-refractivity contribution in [3.63, 3.8) is 0 Å². The van der Waals surface area contributed by atoms with Gasteiger partial charge in [0.1, 0.15) is 0 Å². The zero-order valence-corrected chi connectivity index (χ0v) is 31.2. The van der Waals surface area contributed by atoms with Gasteiger partial charge in [-0.15, -0.1) is 56.9 Å². The molecule has 0 saturated carbocycles. The quantitative estimate of drug-likeness (QED) is 0.134. The maximum absolute atomic E-state index is 2.45. The van der Waals surface area contributed by atoms with Gasteiger partial charge in [-0.1, -0.05) is 129 Å². The van der Waals surface area contributed by atoms with E-state index in [0.717, 1.165) is 0 Å². The summed E-state index contributed by atoms with van der Waals surface area (Å²) >= 11 is 1.74. The zero-order chi connectivity index (χ0) is 30.1. The van der Waals surface area contributed by atoms with Crippen LogP contribution in [0.1, 0.15) is 138 Å². The zero-order valence-electron chi connectivity index (χ0n) is 27.8. The van der Waals surface area contributed by atoms with Crippen molar-refractivity contribution in [2.24, 2.45) is 0 Å². The van der Waals surface area contributed by atoms with E-state index in [4.69, 9.17) is 0 Å². The van der Waals surface area contributed by atoms with Crippen molar-refractivity contribution in [1.29, 1.82) is 0 Å². The Hall–Kier alpha value is -1.24. The normalized spacial score (nSPS) is 14.2. The first kappa shape index (κ1) is 35.0. The second-order valence-corrected chi connectivity index (χ2v) is 21.9. The Morgan fingerprint density at radius 1 is 0.575 bits per heavy atom. The van der Waals surface area contributed by atoms with Crippen LogP contribution in [-0.4, -0.2) is 5.43 Å². The molecule has 0 aliphatic rings. The second-order valence-electron chi connectivity index (χ2n) is 12.5. The van der Waals surface area contributed by atoms with Gasteiger partial charge >= 0.3 is 41.9 Å². The summed E-state index contributed by atoms with van der Waals surface area (Å²) in [5, 5.41) is 5.80. The van der Waals surface area contributed by atoms with E-state index in [1.807, 2.05) is 0 Å². The fraction of sp³-hybridized carbons (Fsp3) is 0.526. The molecule has 216 valence electrons. The van der Waals surface area contributed by atoms with Crippen LogP contribution in [-0.2, 0) is 23.3 Å². The van der Waals surface area contributed by atoms with E-state index < -0.39 is 0 Å². The summed E-state index contributed by atoms with van der Waals surface area (Å²) < 4.78 is 0. The molecule has 0 heterocycles. The number of hydrogen-bond acceptors (Lipinski definition) is 0. The average Bonchev–Trinajstić information content (AvgIpc) is 3.50. The van der Waals surface area contributed by atoms with Gasteiger partial charge in [0, 0.05) is 0 Å². The number of benzene rings is 2. The summed E-state index contributed by atoms with van der Waals surface area (Å²) in [4.78, 5) is 0. The molecule has 40 heavy (non-hydrogen) atoms. The van der Waals surface area contributed by atoms with Gasteiger partial charge in [-0.2, -0.15) is 12.1 Å². The third kappa shape index (κ3) is 9.39. The number of rotatable bonds is 8. The van der Waals surface area contributed by atoms with E-state index in [0.29, 0.717) is 23.7 Å². The molecule has 0 amide bonds. The first-order valence-corrected chi connectivity index (χ1v) is 22.0. The molecule has 4 unspecified atom stereocenters. The predicted octanol–water partition coefficient (Wildman–Crippen LogP) is 12.6. The molecular weight excluding hydrogens is 576 g/mol. The Morgan fingerprint density at radius 2 is 0.875 bits per heavy atom. The Labute approximate surface area is 262 Å². The molecule has 0 aliphatic heterocycles. The number of fused-ring (bicyclic) bond motifs is 2. The molecule has 0 nitrogen and oxygen atoms in total. The van der Waals surface area contributed by atoms with Crippen molar-refractivity contribution in [3.8, 4) is 0 Å². The van der Waals surface area contributed by atoms with Gasteiger partial charge in [-0.3, -0.25) is 0 Å². The van der Waals surface area contributed by atoms with Crippen molar-refractivity contribution >= 4 is 27.0 Å². The van der Waals surface area contributed by atoms with Gasteiger partial charge < -0.3 is 0 Å². The minimum absolute atomic E-state index is 0.210. The first-order chi connectivity index (χ1) is 18.9. The van der Waals surface area contributed by atoms with Crippen LogP contribution >= 0.6 is 0 Å². The van der Waals surface area contributed by atoms with Crippen LogP contribution in [0.2, 0.25) is 13.1 Å². The van der Waals surface area contributed by atoms with Gasteiger partial charge in [0.25, 0.3) is 0 Å². The van der Waals surface area contributed by atoms with Gasteiger partial charge in [-0.05, 0) is 23.7 Å². The Morgan fingerprint density at radius 3 is 1.15 bits per heavy atom. The molecule has 0 N–H and O–H groups in total. The molecule has 0 aliphatic carbocycles. The van der Waals surface area contributed by atoms with Crippen molar-refractivity contribution in [3.05, 3.63) is 81.9 Å². The van der Waals surface area contributed by atoms with E-state index in [9.17, 15) is 0 Å². The Balaban J connectivity index is 0.000000247. The third-order valence-electron chi connectivity index (χ3n) is 8.69. The summed E-state index contributed by atoms with van der Waals surface area (Å²) in [6, 6.07) is 19.0. The van der Waals surface area contributed by atoms with E-state index >= 15 is 0 Å². The number of hydrogen-bond donors (Lipinski definition) is 0. The molecule has 0 bridgehead atoms. The third-order valence-corrected chi connectivity index (χ3v) is 8.69. The van der Waals surface area contributed by atoms with Crippen LogP contribution < -0.4 is 0 Å². The monoisotopic (exact) mass is 630 g/mol. The van der Waals surface area contributed by atoms with Gasteiger partial charge in [0.05, 0.1) is 0 Å². The molecule has 4 atom stereocenters. The van der Waals surface area contributed by atoms with Gasteiger partial charge in [0.15, 0.2) is 0 Å². The second kappa shape index (κ2) is 16.4. The molecule has 0 fully saturated rings. The van der Waals surface area contributed by atoms with Crippen molar-refractivity contribution in [2.75, 3.05) is 0 Å². The standard InChI is InChI=1S/2C18H25.C2H6Si.Zr/c2*1-6-13(4)15-10-16-8-12(3)9-18(16)17(11-15)14(5)7-2;1-3-2;/h2*8-11,13-14H,6-7H2,1-5H3;1-2H3;/q2*-1;;+2. The molecule has 0 aromatic heterocycles. The molecule has 4 aromatic rings. The van der Waals surface area contributed by atoms with Crippen LogP contribution in [0.4, 0.5) is 0 Å². The summed E-state index contributed by atoms with van der Waals surface area (Å²) in [6.45, 7) is 27.5. The maximum atomic E-state index is 2.45. The van der Waals surface area contributed by atoms with Gasteiger partial charge in [-0.25, -0.2) is 0 Å². The van der Waals surface area contributed by atoms with Crippen molar-refractivity contribution in [1.82, 2.24) is 0 Å². The molecule has 4 rings (SSSR count). The average molecular weight is 632 g/mol. The summed E-state index contributed by atoms with van der Waals surface area (Å²) in [5.74, 6) is 2.62. The molecule has 0 saturated heterocycles. The SMILES string of the molecule is CCC(C)c1cc(C(C)CC)c2cc(C)[cH-]c2c1.CCC(C)c1cc(C(C)CC)c2cc(C)[cH-]c2c1.C[Si](C)=[Zr+2]. The van der Waals surface area contributed by atoms with E-state index in [-0.39, 0.29) is 5.43 Å². The fourth-order valence-electron chi connectivity index (χ4n) is 5.34. The summed E-state index contributed by atoms with van der Waals surface area (Å²) in [7, 11) is 0. The van der Waals surface area contributed by atoms with E-state index in [1.54, 1.807) is 34.5 Å². The molecule has 0 spiro atoms. The Kier molecular flexibility index (Phi) is 14.3.